The van der Waals surface area contributed by atoms with Crippen LogP contribution in [0.25, 0.3) is 22.3 Å². The zero-order valence-corrected chi connectivity index (χ0v) is 31.3. The van der Waals surface area contributed by atoms with E-state index in [0.29, 0.717) is 0 Å². The minimum Gasteiger partial charge on any atom is -1.00 e. The van der Waals surface area contributed by atoms with Gasteiger partial charge in [-0.25, -0.2) is 0 Å². The fourth-order valence-corrected chi connectivity index (χ4v) is 25.0. The predicted molar refractivity (Wildman–Crippen MR) is 168 cm³/mol. The molecule has 208 valence electrons. The van der Waals surface area contributed by atoms with E-state index in [1.165, 1.54) is 49.1 Å². The average molecular weight is 776 g/mol. The van der Waals surface area contributed by atoms with Gasteiger partial charge in [0, 0.05) is 0 Å². The molecule has 2 heterocycles. The molecule has 4 aromatic carbocycles. The van der Waals surface area contributed by atoms with Gasteiger partial charge in [-0.05, 0) is 0 Å². The summed E-state index contributed by atoms with van der Waals surface area (Å²) in [5.41, 5.74) is 14.8. The van der Waals surface area contributed by atoms with Crippen LogP contribution < -0.4 is 31.5 Å². The standard InChI is InChI=1S/2C18H19Si.2ClH.Hf/c2*1-2-19(12-7-13-19)18-16-10-5-3-8-14(16)15-9-4-6-11-17(15)18;;;/h2*3-6,8-10,18H,2,7,12-13H2,1H3;2*1H;/q;;;;+2/p-2. The Bertz CT molecular complexity index is 1480. The van der Waals surface area contributed by atoms with E-state index < -0.39 is 39.1 Å². The first-order chi connectivity index (χ1) is 19.2. The van der Waals surface area contributed by atoms with E-state index >= 15 is 0 Å². The summed E-state index contributed by atoms with van der Waals surface area (Å²) in [5, 5.41) is 0. The molecule has 0 aromatic heterocycles. The van der Waals surface area contributed by atoms with Crippen LogP contribution >= 0.6 is 0 Å². The minimum atomic E-state index is -1.31. The van der Waals surface area contributed by atoms with Crippen molar-refractivity contribution >= 4 is 22.8 Å². The van der Waals surface area contributed by atoms with Crippen LogP contribution in [0, 0.1) is 0 Å². The largest absolute Gasteiger partial charge is 1.00 e. The van der Waals surface area contributed by atoms with Gasteiger partial charge in [-0.1, -0.05) is 0 Å². The van der Waals surface area contributed by atoms with Gasteiger partial charge < -0.3 is 24.8 Å². The molecule has 2 unspecified atom stereocenters. The third-order valence-electron chi connectivity index (χ3n) is 11.5. The Balaban J connectivity index is 0.00000151. The van der Waals surface area contributed by atoms with Crippen LogP contribution in [0.3, 0.4) is 0 Å². The van der Waals surface area contributed by atoms with E-state index in [-0.39, 0.29) is 24.8 Å². The topological polar surface area (TPSA) is 0 Å². The first-order valence-corrected chi connectivity index (χ1v) is 24.4. The van der Waals surface area contributed by atoms with Crippen LogP contribution in [0.5, 0.6) is 0 Å². The van der Waals surface area contributed by atoms with Crippen LogP contribution in [0.2, 0.25) is 36.3 Å². The summed E-state index contributed by atoms with van der Waals surface area (Å²) < 4.78 is 3.62. The molecule has 0 bridgehead atoms. The number of fused-ring (bicyclic) bond motifs is 6. The van der Waals surface area contributed by atoms with Crippen molar-refractivity contribution in [2.75, 3.05) is 0 Å². The molecule has 2 fully saturated rings. The molecule has 2 saturated heterocycles. The Hall–Kier alpha value is -1.24. The molecule has 0 nitrogen and oxygen atoms in total. The second-order valence-electron chi connectivity index (χ2n) is 12.8. The maximum Gasteiger partial charge on any atom is -1.00 e. The minimum absolute atomic E-state index is 0. The summed E-state index contributed by atoms with van der Waals surface area (Å²) in [5.74, 6) is 0. The maximum atomic E-state index is 2.59. The molecule has 2 aliphatic heterocycles. The van der Waals surface area contributed by atoms with Gasteiger partial charge in [-0.15, -0.1) is 0 Å². The smallest absolute Gasteiger partial charge is 1.00 e. The van der Waals surface area contributed by atoms with Crippen LogP contribution in [-0.2, 0) is 22.9 Å². The molecule has 4 aliphatic rings. The van der Waals surface area contributed by atoms with Crippen LogP contribution in [0.1, 0.15) is 60.0 Å². The maximum absolute atomic E-state index is 2.59. The van der Waals surface area contributed by atoms with Crippen molar-refractivity contribution in [3.63, 3.8) is 0 Å². The van der Waals surface area contributed by atoms with Gasteiger partial charge in [0.25, 0.3) is 0 Å². The summed E-state index contributed by atoms with van der Waals surface area (Å²) in [4.78, 5) is 0. The second kappa shape index (κ2) is 11.4. The summed E-state index contributed by atoms with van der Waals surface area (Å²) in [6, 6.07) is 43.0. The third-order valence-corrected chi connectivity index (χ3v) is 28.4. The van der Waals surface area contributed by atoms with E-state index in [2.05, 4.69) is 98.8 Å². The van der Waals surface area contributed by atoms with Crippen molar-refractivity contribution in [1.29, 1.82) is 0 Å². The number of hydrogen-bond donors (Lipinski definition) is 0. The molecule has 2 atom stereocenters. The van der Waals surface area contributed by atoms with Crippen LogP contribution in [0.15, 0.2) is 84.9 Å². The van der Waals surface area contributed by atoms with E-state index in [4.69, 9.17) is 0 Å². The van der Waals surface area contributed by atoms with E-state index in [1.807, 2.05) is 17.8 Å². The molecule has 5 heteroatoms. The van der Waals surface area contributed by atoms with E-state index in [9.17, 15) is 0 Å². The van der Waals surface area contributed by atoms with Crippen LogP contribution in [-0.4, -0.2) is 16.1 Å². The molecule has 41 heavy (non-hydrogen) atoms. The van der Waals surface area contributed by atoms with Gasteiger partial charge in [0.05, 0.1) is 0 Å². The Morgan fingerprint density at radius 3 is 1.29 bits per heavy atom. The quantitative estimate of drug-likeness (QED) is 0.265. The molecule has 0 saturated carbocycles. The first-order valence-electron chi connectivity index (χ1n) is 15.4. The average Bonchev–Trinajstić information content (AvgIpc) is 3.44. The normalized spacial score (nSPS) is 21.4. The van der Waals surface area contributed by atoms with Gasteiger partial charge in [0.15, 0.2) is 0 Å². The molecule has 4 aromatic rings. The number of rotatable bonds is 6. The number of hydrogen-bond acceptors (Lipinski definition) is 0. The molecule has 8 rings (SSSR count). The number of benzene rings is 4. The van der Waals surface area contributed by atoms with Crippen molar-refractivity contribution in [3.8, 4) is 22.3 Å². The molecule has 2 aliphatic carbocycles. The molecular weight excluding hydrogens is 738 g/mol. The van der Waals surface area contributed by atoms with Crippen molar-refractivity contribution in [1.82, 2.24) is 0 Å². The van der Waals surface area contributed by atoms with Crippen molar-refractivity contribution in [2.24, 2.45) is 0 Å². The van der Waals surface area contributed by atoms with Crippen molar-refractivity contribution in [2.45, 2.75) is 74.0 Å². The molecule has 0 radical (unpaired) electrons. The third kappa shape index (κ3) is 4.27. The van der Waals surface area contributed by atoms with E-state index in [0.717, 1.165) is 11.1 Å². The molecule has 0 N–H and O–H groups in total. The summed E-state index contributed by atoms with van der Waals surface area (Å²) in [6.45, 7) is 5.05. The zero-order valence-electron chi connectivity index (χ0n) is 24.2. The van der Waals surface area contributed by atoms with Gasteiger partial charge in [0.1, 0.15) is 0 Å². The van der Waals surface area contributed by atoms with Crippen molar-refractivity contribution in [3.05, 3.63) is 107 Å². The van der Waals surface area contributed by atoms with Gasteiger partial charge >= 0.3 is 249 Å². The van der Waals surface area contributed by atoms with E-state index in [1.54, 1.807) is 33.4 Å². The molecular formula is C36H38Cl2HfSi2. The van der Waals surface area contributed by atoms with Gasteiger partial charge in [0.2, 0.25) is 0 Å². The molecule has 0 amide bonds. The van der Waals surface area contributed by atoms with Crippen molar-refractivity contribution < 1.29 is 47.7 Å². The predicted octanol–water partition coefficient (Wildman–Crippen LogP) is 2.78. The fourth-order valence-electron chi connectivity index (χ4n) is 9.11. The summed E-state index contributed by atoms with van der Waals surface area (Å²) >= 11 is -1.31. The summed E-state index contributed by atoms with van der Waals surface area (Å²) in [6.07, 6.45) is 2.93. The Morgan fingerprint density at radius 1 is 0.537 bits per heavy atom. The summed E-state index contributed by atoms with van der Waals surface area (Å²) in [7, 11) is -2.63. The monoisotopic (exact) mass is 776 g/mol. The second-order valence-corrected chi connectivity index (χ2v) is 27.6. The first kappa shape index (κ1) is 29.8. The van der Waals surface area contributed by atoms with Gasteiger partial charge in [-0.3, -0.25) is 0 Å². The Labute approximate surface area is 272 Å². The molecule has 0 spiro atoms. The fraction of sp³-hybridized carbons (Fsp3) is 0.333. The van der Waals surface area contributed by atoms with Crippen LogP contribution in [0.4, 0.5) is 0 Å². The SMILES string of the molecule is CC[Si]1(C2c3ccccc3-c3ccc[c]([Hf+2][c]4cccc5c4C([Si]4(CC)CCC4)c4ccccc4-5)c32)CCC1.[Cl-].[Cl-]. The Kier molecular flexibility index (Phi) is 8.26. The van der Waals surface area contributed by atoms with Gasteiger partial charge in [-0.2, -0.15) is 0 Å². The Morgan fingerprint density at radius 2 is 0.927 bits per heavy atom. The zero-order chi connectivity index (χ0) is 26.2. The number of halogens is 2.